The van der Waals surface area contributed by atoms with E-state index in [-0.39, 0.29) is 0 Å². The number of hydrogen-bond acceptors (Lipinski definition) is 3. The molecule has 19 heavy (non-hydrogen) atoms. The minimum atomic E-state index is 0.754. The summed E-state index contributed by atoms with van der Waals surface area (Å²) in [5.41, 5.74) is 2.11. The van der Waals surface area contributed by atoms with Crippen LogP contribution in [-0.4, -0.2) is 21.1 Å². The smallest absolute Gasteiger partial charge is 0.243 e. The van der Waals surface area contributed by atoms with Gasteiger partial charge in [0, 0.05) is 12.7 Å². The molecule has 2 heterocycles. The van der Waals surface area contributed by atoms with Crippen molar-refractivity contribution in [3.63, 3.8) is 0 Å². The molecule has 4 nitrogen and oxygen atoms in total. The van der Waals surface area contributed by atoms with Crippen molar-refractivity contribution >= 4 is 11.6 Å². The van der Waals surface area contributed by atoms with Gasteiger partial charge in [-0.25, -0.2) is 4.52 Å². The molecule has 0 spiro atoms. The summed E-state index contributed by atoms with van der Waals surface area (Å²) in [6, 6.07) is 4.08. The molecule has 3 rings (SSSR count). The highest BCUT2D eigenvalue weighted by Crippen LogP contribution is 2.28. The number of aromatic nitrogens is 3. The number of aryl methyl sites for hydroxylation is 1. The zero-order valence-electron chi connectivity index (χ0n) is 11.8. The third kappa shape index (κ3) is 2.88. The number of rotatable bonds is 3. The van der Waals surface area contributed by atoms with Crippen molar-refractivity contribution in [3.8, 4) is 0 Å². The zero-order chi connectivity index (χ0) is 13.2. The number of anilines is 1. The van der Waals surface area contributed by atoms with Crippen LogP contribution in [0.5, 0.6) is 0 Å². The van der Waals surface area contributed by atoms with E-state index >= 15 is 0 Å². The van der Waals surface area contributed by atoms with Crippen LogP contribution in [0, 0.1) is 18.8 Å². The summed E-state index contributed by atoms with van der Waals surface area (Å²) in [6.07, 6.45) is 7.41. The summed E-state index contributed by atoms with van der Waals surface area (Å²) < 4.78 is 1.85. The van der Waals surface area contributed by atoms with Gasteiger partial charge in [0.2, 0.25) is 5.95 Å². The van der Waals surface area contributed by atoms with Gasteiger partial charge in [-0.15, -0.1) is 5.10 Å². The first-order valence-electron chi connectivity index (χ1n) is 7.27. The molecule has 0 radical (unpaired) electrons. The molecule has 0 saturated heterocycles. The highest BCUT2D eigenvalue weighted by atomic mass is 15.3. The summed E-state index contributed by atoms with van der Waals surface area (Å²) in [4.78, 5) is 4.49. The van der Waals surface area contributed by atoms with Crippen molar-refractivity contribution < 1.29 is 0 Å². The van der Waals surface area contributed by atoms with Crippen LogP contribution in [0.1, 0.15) is 38.2 Å². The fourth-order valence-electron chi connectivity index (χ4n) is 2.83. The van der Waals surface area contributed by atoms with E-state index in [4.69, 9.17) is 0 Å². The van der Waals surface area contributed by atoms with Gasteiger partial charge in [0.25, 0.3) is 0 Å². The Morgan fingerprint density at radius 2 is 2.05 bits per heavy atom. The quantitative estimate of drug-likeness (QED) is 0.918. The molecule has 2 aromatic heterocycles. The van der Waals surface area contributed by atoms with Gasteiger partial charge in [-0.1, -0.05) is 25.8 Å². The maximum absolute atomic E-state index is 4.49. The van der Waals surface area contributed by atoms with Crippen molar-refractivity contribution in [1.29, 1.82) is 0 Å². The first-order chi connectivity index (χ1) is 9.20. The number of fused-ring (bicyclic) bond motifs is 1. The van der Waals surface area contributed by atoms with E-state index in [1.165, 1.54) is 31.2 Å². The summed E-state index contributed by atoms with van der Waals surface area (Å²) in [6.45, 7) is 5.43. The summed E-state index contributed by atoms with van der Waals surface area (Å²) in [7, 11) is 0. The van der Waals surface area contributed by atoms with Gasteiger partial charge in [-0.2, -0.15) is 4.98 Å². The van der Waals surface area contributed by atoms with Crippen LogP contribution in [0.2, 0.25) is 0 Å². The Bertz CT molecular complexity index is 552. The van der Waals surface area contributed by atoms with E-state index in [0.717, 1.165) is 30.0 Å². The first-order valence-corrected chi connectivity index (χ1v) is 7.27. The van der Waals surface area contributed by atoms with Crippen molar-refractivity contribution in [2.75, 3.05) is 11.9 Å². The predicted octanol–water partition coefficient (Wildman–Crippen LogP) is 3.28. The van der Waals surface area contributed by atoms with Gasteiger partial charge in [0.1, 0.15) is 0 Å². The van der Waals surface area contributed by atoms with Crippen molar-refractivity contribution in [1.82, 2.24) is 14.6 Å². The molecular weight excluding hydrogens is 236 g/mol. The first kappa shape index (κ1) is 12.5. The van der Waals surface area contributed by atoms with Crippen LogP contribution in [0.15, 0.2) is 18.3 Å². The zero-order valence-corrected chi connectivity index (χ0v) is 11.8. The summed E-state index contributed by atoms with van der Waals surface area (Å²) >= 11 is 0. The fraction of sp³-hybridized carbons (Fsp3) is 0.600. The lowest BCUT2D eigenvalue weighted by molar-refractivity contribution is 0.300. The average Bonchev–Trinajstić information content (AvgIpc) is 2.80. The second kappa shape index (κ2) is 5.19. The second-order valence-corrected chi connectivity index (χ2v) is 5.95. The molecule has 1 fully saturated rings. The molecule has 4 heteroatoms. The Balaban J connectivity index is 1.62. The van der Waals surface area contributed by atoms with Crippen LogP contribution in [0.3, 0.4) is 0 Å². The van der Waals surface area contributed by atoms with Gasteiger partial charge in [0.15, 0.2) is 5.65 Å². The number of nitrogens with one attached hydrogen (secondary N) is 1. The molecule has 0 aromatic carbocycles. The Hall–Kier alpha value is -1.58. The minimum Gasteiger partial charge on any atom is -0.353 e. The van der Waals surface area contributed by atoms with Gasteiger partial charge < -0.3 is 5.32 Å². The van der Waals surface area contributed by atoms with Crippen molar-refractivity contribution in [3.05, 3.63) is 23.9 Å². The second-order valence-electron chi connectivity index (χ2n) is 5.95. The summed E-state index contributed by atoms with van der Waals surface area (Å²) in [5.74, 6) is 2.45. The Morgan fingerprint density at radius 1 is 1.26 bits per heavy atom. The van der Waals surface area contributed by atoms with Gasteiger partial charge >= 0.3 is 0 Å². The van der Waals surface area contributed by atoms with Crippen molar-refractivity contribution in [2.45, 2.75) is 39.5 Å². The van der Waals surface area contributed by atoms with E-state index in [1.54, 1.807) is 0 Å². The average molecular weight is 258 g/mol. The van der Waals surface area contributed by atoms with Gasteiger partial charge in [0.05, 0.1) is 0 Å². The Kier molecular flexibility index (Phi) is 3.40. The third-order valence-electron chi connectivity index (χ3n) is 4.16. The largest absolute Gasteiger partial charge is 0.353 e. The van der Waals surface area contributed by atoms with E-state index in [2.05, 4.69) is 35.3 Å². The number of pyridine rings is 1. The van der Waals surface area contributed by atoms with E-state index in [1.807, 2.05) is 16.8 Å². The monoisotopic (exact) mass is 258 g/mol. The highest BCUT2D eigenvalue weighted by molar-refractivity contribution is 5.44. The SMILES string of the molecule is Cc1ccc2nc(NCC3CCC(C)CC3)nn2c1. The molecule has 0 atom stereocenters. The molecule has 1 aliphatic rings. The number of nitrogens with zero attached hydrogens (tertiary/aromatic N) is 3. The molecule has 0 amide bonds. The fourth-order valence-corrected chi connectivity index (χ4v) is 2.83. The lowest BCUT2D eigenvalue weighted by Gasteiger charge is -2.25. The van der Waals surface area contributed by atoms with Crippen LogP contribution < -0.4 is 5.32 Å². The van der Waals surface area contributed by atoms with Crippen LogP contribution in [-0.2, 0) is 0 Å². The highest BCUT2D eigenvalue weighted by Gasteiger charge is 2.18. The van der Waals surface area contributed by atoms with E-state index in [9.17, 15) is 0 Å². The molecule has 0 aliphatic heterocycles. The Labute approximate surface area is 114 Å². The maximum atomic E-state index is 4.49. The molecule has 0 unspecified atom stereocenters. The lowest BCUT2D eigenvalue weighted by Crippen LogP contribution is -2.20. The molecule has 102 valence electrons. The standard InChI is InChI=1S/C15H22N4/c1-11-3-6-13(7-4-11)9-16-15-17-14-8-5-12(2)10-19(14)18-15/h5,8,10-11,13H,3-4,6-7,9H2,1-2H3,(H,16,18). The Morgan fingerprint density at radius 3 is 2.84 bits per heavy atom. The van der Waals surface area contributed by atoms with E-state index < -0.39 is 0 Å². The topological polar surface area (TPSA) is 42.2 Å². The maximum Gasteiger partial charge on any atom is 0.243 e. The van der Waals surface area contributed by atoms with E-state index in [0.29, 0.717) is 0 Å². The molecule has 1 aliphatic carbocycles. The predicted molar refractivity (Wildman–Crippen MR) is 77.3 cm³/mol. The van der Waals surface area contributed by atoms with Crippen LogP contribution in [0.25, 0.3) is 5.65 Å². The van der Waals surface area contributed by atoms with Gasteiger partial charge in [-0.3, -0.25) is 0 Å². The molecule has 0 bridgehead atoms. The van der Waals surface area contributed by atoms with Crippen LogP contribution >= 0.6 is 0 Å². The molecular formula is C15H22N4. The van der Waals surface area contributed by atoms with Crippen molar-refractivity contribution in [2.24, 2.45) is 11.8 Å². The van der Waals surface area contributed by atoms with Gasteiger partial charge in [-0.05, 0) is 43.2 Å². The molecule has 2 aromatic rings. The molecule has 1 N–H and O–H groups in total. The summed E-state index contributed by atoms with van der Waals surface area (Å²) in [5, 5.41) is 7.86. The molecule has 1 saturated carbocycles. The van der Waals surface area contributed by atoms with Crippen LogP contribution in [0.4, 0.5) is 5.95 Å². The minimum absolute atomic E-state index is 0.754. The number of hydrogen-bond donors (Lipinski definition) is 1. The lowest BCUT2D eigenvalue weighted by atomic mass is 9.83. The third-order valence-corrected chi connectivity index (χ3v) is 4.16. The normalized spacial score (nSPS) is 23.7.